The topological polar surface area (TPSA) is 101 Å². The van der Waals surface area contributed by atoms with Gasteiger partial charge in [0.1, 0.15) is 11.9 Å². The van der Waals surface area contributed by atoms with Crippen LogP contribution in [0.25, 0.3) is 0 Å². The molecule has 0 spiro atoms. The van der Waals surface area contributed by atoms with Crippen molar-refractivity contribution in [1.29, 1.82) is 10.7 Å². The van der Waals surface area contributed by atoms with E-state index in [9.17, 15) is 4.39 Å². The highest BCUT2D eigenvalue weighted by atomic mass is 19.1. The highest BCUT2D eigenvalue weighted by molar-refractivity contribution is 6.45. The van der Waals surface area contributed by atoms with Gasteiger partial charge in [-0.15, -0.1) is 0 Å². The summed E-state index contributed by atoms with van der Waals surface area (Å²) < 4.78 is 14.3. The average molecular weight is 302 g/mol. The maximum atomic E-state index is 14.3. The lowest BCUT2D eigenvalue weighted by atomic mass is 10.0. The highest BCUT2D eigenvalue weighted by Gasteiger charge is 2.21. The summed E-state index contributed by atoms with van der Waals surface area (Å²) >= 11 is 0. The van der Waals surface area contributed by atoms with E-state index in [-0.39, 0.29) is 11.5 Å². The normalized spacial score (nSPS) is 18.7. The molecule has 1 unspecified atom stereocenters. The Morgan fingerprint density at radius 3 is 2.91 bits per heavy atom. The lowest BCUT2D eigenvalue weighted by molar-refractivity contribution is 0.476. The van der Waals surface area contributed by atoms with Crippen LogP contribution in [0, 0.1) is 22.6 Å². The first-order valence-electron chi connectivity index (χ1n) is 7.17. The fourth-order valence-corrected chi connectivity index (χ4v) is 2.53. The molecule has 1 aliphatic heterocycles. The van der Waals surface area contributed by atoms with Crippen LogP contribution in [0.3, 0.4) is 0 Å². The van der Waals surface area contributed by atoms with E-state index in [1.165, 1.54) is 12.5 Å². The van der Waals surface area contributed by atoms with E-state index in [4.69, 9.17) is 16.4 Å². The van der Waals surface area contributed by atoms with Crippen LogP contribution in [-0.2, 0) is 0 Å². The molecule has 1 heterocycles. The number of hydrazone groups is 1. The number of nitriles is 1. The van der Waals surface area contributed by atoms with Gasteiger partial charge in [0.2, 0.25) is 5.71 Å². The van der Waals surface area contributed by atoms with Crippen LogP contribution in [0.2, 0.25) is 0 Å². The molecule has 0 aliphatic carbocycles. The lowest BCUT2D eigenvalue weighted by Gasteiger charge is -2.35. The summed E-state index contributed by atoms with van der Waals surface area (Å²) in [5.41, 5.74) is 8.47. The van der Waals surface area contributed by atoms with Gasteiger partial charge in [0, 0.05) is 18.7 Å². The first-order valence-corrected chi connectivity index (χ1v) is 7.17. The summed E-state index contributed by atoms with van der Waals surface area (Å²) in [5.74, 6) is -0.774. The van der Waals surface area contributed by atoms with Crippen molar-refractivity contribution in [3.63, 3.8) is 0 Å². The Labute approximate surface area is 128 Å². The molecule has 116 valence electrons. The Hall–Kier alpha value is -2.62. The molecule has 1 saturated heterocycles. The second-order valence-electron chi connectivity index (χ2n) is 5.30. The standard InChI is InChI=1S/C15H19FN6/c1-10-4-2-3-7-22(10)14-6-5-11(8-12(14)16)20-21-13(9-17)15(18)19/h5-6,8,10,20H,2-4,7H2,1H3,(H3,18,19)/b21-13+. The lowest BCUT2D eigenvalue weighted by Crippen LogP contribution is -2.37. The fourth-order valence-electron chi connectivity index (χ4n) is 2.53. The molecule has 0 radical (unpaired) electrons. The third-order valence-electron chi connectivity index (χ3n) is 3.72. The SMILES string of the molecule is CC1CCCCN1c1ccc(N/N=C(\C#N)C(=N)N)cc1F. The first-order chi connectivity index (χ1) is 10.5. The number of nitrogens with two attached hydrogens (primary N) is 1. The van der Waals surface area contributed by atoms with Gasteiger partial charge in [-0.2, -0.15) is 10.4 Å². The predicted molar refractivity (Wildman–Crippen MR) is 85.6 cm³/mol. The van der Waals surface area contributed by atoms with Crippen LogP contribution < -0.4 is 16.1 Å². The first kappa shape index (κ1) is 15.8. The summed E-state index contributed by atoms with van der Waals surface area (Å²) in [6.07, 6.45) is 3.31. The van der Waals surface area contributed by atoms with Gasteiger partial charge in [-0.05, 0) is 38.3 Å². The van der Waals surface area contributed by atoms with Crippen LogP contribution in [0.1, 0.15) is 26.2 Å². The van der Waals surface area contributed by atoms with Gasteiger partial charge in [-0.25, -0.2) is 4.39 Å². The zero-order valence-corrected chi connectivity index (χ0v) is 12.4. The Bertz CT molecular complexity index is 633. The van der Waals surface area contributed by atoms with Crippen molar-refractivity contribution in [3.05, 3.63) is 24.0 Å². The highest BCUT2D eigenvalue weighted by Crippen LogP contribution is 2.28. The average Bonchev–Trinajstić information content (AvgIpc) is 2.49. The Balaban J connectivity index is 2.16. The van der Waals surface area contributed by atoms with Crippen LogP contribution in [0.4, 0.5) is 15.8 Å². The number of nitrogens with one attached hydrogen (secondary N) is 2. The summed E-state index contributed by atoms with van der Waals surface area (Å²) in [7, 11) is 0. The number of piperidine rings is 1. The van der Waals surface area contributed by atoms with Gasteiger partial charge in [-0.3, -0.25) is 10.8 Å². The fraction of sp³-hybridized carbons (Fsp3) is 0.400. The van der Waals surface area contributed by atoms with Gasteiger partial charge >= 0.3 is 0 Å². The van der Waals surface area contributed by atoms with Gasteiger partial charge in [0.25, 0.3) is 0 Å². The van der Waals surface area contributed by atoms with Crippen molar-refractivity contribution in [2.75, 3.05) is 16.9 Å². The quantitative estimate of drug-likeness (QED) is 0.451. The molecule has 1 aliphatic rings. The Morgan fingerprint density at radius 2 is 2.32 bits per heavy atom. The van der Waals surface area contributed by atoms with Crippen LogP contribution in [-0.4, -0.2) is 24.1 Å². The molecule has 7 heteroatoms. The smallest absolute Gasteiger partial charge is 0.201 e. The molecule has 4 N–H and O–H groups in total. The maximum absolute atomic E-state index is 14.3. The van der Waals surface area contributed by atoms with Crippen molar-refractivity contribution in [3.8, 4) is 6.07 Å². The number of halogens is 1. The Morgan fingerprint density at radius 1 is 1.55 bits per heavy atom. The third-order valence-corrected chi connectivity index (χ3v) is 3.72. The zero-order valence-electron chi connectivity index (χ0n) is 12.4. The monoisotopic (exact) mass is 302 g/mol. The second-order valence-corrected chi connectivity index (χ2v) is 5.30. The van der Waals surface area contributed by atoms with Crippen molar-refractivity contribution >= 4 is 22.9 Å². The predicted octanol–water partition coefficient (Wildman–Crippen LogP) is 2.43. The summed E-state index contributed by atoms with van der Waals surface area (Å²) in [5, 5.41) is 19.6. The minimum Gasteiger partial charge on any atom is -0.382 e. The van der Waals surface area contributed by atoms with E-state index >= 15 is 0 Å². The third kappa shape index (κ3) is 3.52. The molecular weight excluding hydrogens is 283 g/mol. The molecule has 1 aromatic carbocycles. The van der Waals surface area contributed by atoms with E-state index < -0.39 is 5.84 Å². The molecule has 0 bridgehead atoms. The maximum Gasteiger partial charge on any atom is 0.201 e. The molecule has 0 amide bonds. The molecular formula is C15H19FN6. The summed E-state index contributed by atoms with van der Waals surface area (Å²) in [4.78, 5) is 2.07. The summed E-state index contributed by atoms with van der Waals surface area (Å²) in [6.45, 7) is 2.95. The van der Waals surface area contributed by atoms with E-state index in [0.29, 0.717) is 17.4 Å². The number of hydrogen-bond donors (Lipinski definition) is 3. The molecule has 1 aromatic rings. The van der Waals surface area contributed by atoms with E-state index in [1.54, 1.807) is 18.2 Å². The summed E-state index contributed by atoms with van der Waals surface area (Å²) in [6, 6.07) is 6.74. The van der Waals surface area contributed by atoms with Crippen molar-refractivity contribution in [1.82, 2.24) is 0 Å². The minimum atomic E-state index is -0.436. The van der Waals surface area contributed by atoms with Crippen molar-refractivity contribution in [2.45, 2.75) is 32.2 Å². The number of amidine groups is 1. The van der Waals surface area contributed by atoms with Gasteiger partial charge in [0.05, 0.1) is 11.4 Å². The van der Waals surface area contributed by atoms with Crippen molar-refractivity contribution < 1.29 is 4.39 Å². The molecule has 0 aromatic heterocycles. The molecule has 22 heavy (non-hydrogen) atoms. The van der Waals surface area contributed by atoms with Crippen LogP contribution in [0.15, 0.2) is 23.3 Å². The molecule has 2 rings (SSSR count). The van der Waals surface area contributed by atoms with E-state index in [2.05, 4.69) is 22.4 Å². The van der Waals surface area contributed by atoms with Crippen LogP contribution in [0.5, 0.6) is 0 Å². The van der Waals surface area contributed by atoms with Crippen LogP contribution >= 0.6 is 0 Å². The van der Waals surface area contributed by atoms with Gasteiger partial charge in [0.15, 0.2) is 5.84 Å². The number of anilines is 2. The minimum absolute atomic E-state index is 0.242. The Kier molecular flexibility index (Phi) is 4.94. The number of rotatable bonds is 4. The molecule has 1 atom stereocenters. The second kappa shape index (κ2) is 6.89. The zero-order chi connectivity index (χ0) is 16.1. The van der Waals surface area contributed by atoms with Crippen molar-refractivity contribution in [2.24, 2.45) is 10.8 Å². The number of hydrogen-bond acceptors (Lipinski definition) is 5. The molecule has 0 saturated carbocycles. The number of benzene rings is 1. The van der Waals surface area contributed by atoms with Gasteiger partial charge < -0.3 is 10.6 Å². The largest absolute Gasteiger partial charge is 0.382 e. The molecule has 6 nitrogen and oxygen atoms in total. The number of nitrogens with zero attached hydrogens (tertiary/aromatic N) is 3. The van der Waals surface area contributed by atoms with E-state index in [1.807, 2.05) is 0 Å². The van der Waals surface area contributed by atoms with Gasteiger partial charge in [-0.1, -0.05) is 0 Å². The van der Waals surface area contributed by atoms with E-state index in [0.717, 1.165) is 19.4 Å². The molecule has 1 fully saturated rings.